The van der Waals surface area contributed by atoms with Crippen LogP contribution in [-0.4, -0.2) is 7.11 Å². The Morgan fingerprint density at radius 2 is 1.73 bits per heavy atom. The fourth-order valence-corrected chi connectivity index (χ4v) is 3.26. The molecule has 0 bridgehead atoms. The molecule has 4 rings (SSSR count). The molecule has 4 aromatic rings. The predicted octanol–water partition coefficient (Wildman–Crippen LogP) is 6.13. The highest BCUT2D eigenvalue weighted by Crippen LogP contribution is 2.29. The first-order valence-electron chi connectivity index (χ1n) is 9.30. The van der Waals surface area contributed by atoms with Crippen LogP contribution in [0.15, 0.2) is 75.9 Å². The van der Waals surface area contributed by atoms with Crippen LogP contribution < -0.4 is 19.6 Å². The molecule has 3 aromatic carbocycles. The van der Waals surface area contributed by atoms with Gasteiger partial charge in [-0.25, -0.2) is 0 Å². The second-order valence-electron chi connectivity index (χ2n) is 6.67. The Hall–Kier alpha value is -3.44. The standard InChI is InChI=1S/C24H19ClO5/c1-15-24(30-20-8-4-7-18(12-20)27-2)23(26)21-10-9-19(13-22(21)29-15)28-14-16-5-3-6-17(25)11-16/h3-13H,14H2,1-2H3. The summed E-state index contributed by atoms with van der Waals surface area (Å²) in [5, 5.41) is 1.06. The van der Waals surface area contributed by atoms with Gasteiger partial charge in [0, 0.05) is 17.2 Å². The highest BCUT2D eigenvalue weighted by Gasteiger charge is 2.15. The van der Waals surface area contributed by atoms with Gasteiger partial charge < -0.3 is 18.6 Å². The molecule has 6 heteroatoms. The van der Waals surface area contributed by atoms with Gasteiger partial charge in [0.15, 0.2) is 0 Å². The van der Waals surface area contributed by atoms with E-state index >= 15 is 0 Å². The van der Waals surface area contributed by atoms with E-state index in [1.165, 1.54) is 0 Å². The topological polar surface area (TPSA) is 57.9 Å². The van der Waals surface area contributed by atoms with E-state index in [9.17, 15) is 4.79 Å². The number of aryl methyl sites for hydroxylation is 1. The van der Waals surface area contributed by atoms with Crippen LogP contribution in [0.1, 0.15) is 11.3 Å². The number of halogens is 1. The van der Waals surface area contributed by atoms with Crippen LogP contribution in [0.4, 0.5) is 0 Å². The summed E-state index contributed by atoms with van der Waals surface area (Å²) in [7, 11) is 1.57. The average molecular weight is 423 g/mol. The summed E-state index contributed by atoms with van der Waals surface area (Å²) in [5.41, 5.74) is 1.12. The Balaban J connectivity index is 1.61. The summed E-state index contributed by atoms with van der Waals surface area (Å²) in [6.07, 6.45) is 0. The highest BCUT2D eigenvalue weighted by molar-refractivity contribution is 6.30. The van der Waals surface area contributed by atoms with Crippen molar-refractivity contribution >= 4 is 22.6 Å². The van der Waals surface area contributed by atoms with E-state index in [1.54, 1.807) is 56.5 Å². The maximum atomic E-state index is 13.0. The summed E-state index contributed by atoms with van der Waals surface area (Å²) >= 11 is 6.01. The van der Waals surface area contributed by atoms with Gasteiger partial charge in [0.2, 0.25) is 11.2 Å². The molecular formula is C24H19ClO5. The van der Waals surface area contributed by atoms with E-state index < -0.39 is 0 Å². The van der Waals surface area contributed by atoms with E-state index in [0.29, 0.717) is 45.6 Å². The molecule has 0 saturated carbocycles. The largest absolute Gasteiger partial charge is 0.497 e. The lowest BCUT2D eigenvalue weighted by Crippen LogP contribution is -2.07. The van der Waals surface area contributed by atoms with E-state index in [-0.39, 0.29) is 11.2 Å². The smallest absolute Gasteiger partial charge is 0.235 e. The summed E-state index contributed by atoms with van der Waals surface area (Å²) in [4.78, 5) is 13.0. The second kappa shape index (κ2) is 8.51. The van der Waals surface area contributed by atoms with Crippen molar-refractivity contribution in [1.29, 1.82) is 0 Å². The molecule has 30 heavy (non-hydrogen) atoms. The quantitative estimate of drug-likeness (QED) is 0.374. The van der Waals surface area contributed by atoms with Gasteiger partial charge in [-0.3, -0.25) is 4.79 Å². The zero-order chi connectivity index (χ0) is 21.1. The molecular weight excluding hydrogens is 404 g/mol. The van der Waals surface area contributed by atoms with Gasteiger partial charge in [-0.2, -0.15) is 0 Å². The fraction of sp³-hybridized carbons (Fsp3) is 0.125. The van der Waals surface area contributed by atoms with Gasteiger partial charge in [-0.05, 0) is 48.9 Å². The molecule has 0 atom stereocenters. The number of methoxy groups -OCH3 is 1. The molecule has 0 aliphatic heterocycles. The Labute approximate surface area is 178 Å². The van der Waals surface area contributed by atoms with Gasteiger partial charge in [-0.15, -0.1) is 0 Å². The van der Waals surface area contributed by atoms with Crippen LogP contribution >= 0.6 is 11.6 Å². The summed E-state index contributed by atoms with van der Waals surface area (Å²) in [6.45, 7) is 2.04. The van der Waals surface area contributed by atoms with Gasteiger partial charge in [0.25, 0.3) is 0 Å². The van der Waals surface area contributed by atoms with E-state index in [1.807, 2.05) is 24.3 Å². The first-order valence-corrected chi connectivity index (χ1v) is 9.68. The zero-order valence-corrected chi connectivity index (χ0v) is 17.2. The summed E-state index contributed by atoms with van der Waals surface area (Å²) in [5.74, 6) is 2.24. The zero-order valence-electron chi connectivity index (χ0n) is 16.5. The van der Waals surface area contributed by atoms with Crippen LogP contribution in [0.3, 0.4) is 0 Å². The van der Waals surface area contributed by atoms with Crippen LogP contribution in [-0.2, 0) is 6.61 Å². The second-order valence-corrected chi connectivity index (χ2v) is 7.11. The monoisotopic (exact) mass is 422 g/mol. The lowest BCUT2D eigenvalue weighted by atomic mass is 10.2. The molecule has 0 unspecified atom stereocenters. The molecule has 0 amide bonds. The first kappa shape index (κ1) is 19.9. The number of benzene rings is 3. The number of fused-ring (bicyclic) bond motifs is 1. The Bertz CT molecular complexity index is 1260. The predicted molar refractivity (Wildman–Crippen MR) is 116 cm³/mol. The number of ether oxygens (including phenoxy) is 3. The molecule has 5 nitrogen and oxygen atoms in total. The molecule has 0 N–H and O–H groups in total. The molecule has 0 saturated heterocycles. The van der Waals surface area contributed by atoms with Crippen molar-refractivity contribution in [3.05, 3.63) is 93.3 Å². The molecule has 0 fully saturated rings. The third-order valence-corrected chi connectivity index (χ3v) is 4.78. The van der Waals surface area contributed by atoms with Crippen molar-refractivity contribution in [3.63, 3.8) is 0 Å². The van der Waals surface area contributed by atoms with Crippen molar-refractivity contribution in [1.82, 2.24) is 0 Å². The number of rotatable bonds is 6. The van der Waals surface area contributed by atoms with E-state index in [4.69, 9.17) is 30.2 Å². The number of hydrogen-bond donors (Lipinski definition) is 0. The Morgan fingerprint density at radius 3 is 2.53 bits per heavy atom. The fourth-order valence-electron chi connectivity index (χ4n) is 3.05. The van der Waals surface area contributed by atoms with Crippen LogP contribution in [0.2, 0.25) is 5.02 Å². The minimum Gasteiger partial charge on any atom is -0.497 e. The van der Waals surface area contributed by atoms with Gasteiger partial charge in [0.1, 0.15) is 35.2 Å². The van der Waals surface area contributed by atoms with Crippen molar-refractivity contribution in [2.75, 3.05) is 7.11 Å². The Kier molecular flexibility index (Phi) is 5.63. The van der Waals surface area contributed by atoms with Gasteiger partial charge >= 0.3 is 0 Å². The van der Waals surface area contributed by atoms with Crippen LogP contribution in [0, 0.1) is 6.92 Å². The molecule has 0 radical (unpaired) electrons. The minimum absolute atomic E-state index is 0.142. The van der Waals surface area contributed by atoms with Crippen molar-refractivity contribution in [2.24, 2.45) is 0 Å². The lowest BCUT2D eigenvalue weighted by Gasteiger charge is -2.11. The van der Waals surface area contributed by atoms with E-state index in [2.05, 4.69) is 0 Å². The highest BCUT2D eigenvalue weighted by atomic mass is 35.5. The molecule has 0 spiro atoms. The third kappa shape index (κ3) is 4.26. The third-order valence-electron chi connectivity index (χ3n) is 4.54. The average Bonchev–Trinajstić information content (AvgIpc) is 2.75. The molecule has 1 heterocycles. The van der Waals surface area contributed by atoms with Crippen molar-refractivity contribution in [3.8, 4) is 23.0 Å². The summed E-state index contributed by atoms with van der Waals surface area (Å²) < 4.78 is 22.7. The molecule has 0 aliphatic carbocycles. The summed E-state index contributed by atoms with van der Waals surface area (Å²) in [6, 6.07) is 19.6. The van der Waals surface area contributed by atoms with Crippen molar-refractivity contribution in [2.45, 2.75) is 13.5 Å². The lowest BCUT2D eigenvalue weighted by molar-refractivity contribution is 0.306. The maximum absolute atomic E-state index is 13.0. The van der Waals surface area contributed by atoms with Crippen LogP contribution in [0.5, 0.6) is 23.0 Å². The van der Waals surface area contributed by atoms with Gasteiger partial charge in [-0.1, -0.05) is 29.8 Å². The maximum Gasteiger partial charge on any atom is 0.235 e. The SMILES string of the molecule is COc1cccc(Oc2c(C)oc3cc(OCc4cccc(Cl)c4)ccc3c2=O)c1. The normalized spacial score (nSPS) is 10.8. The molecule has 152 valence electrons. The molecule has 0 aliphatic rings. The Morgan fingerprint density at radius 1 is 0.933 bits per heavy atom. The number of hydrogen-bond acceptors (Lipinski definition) is 5. The van der Waals surface area contributed by atoms with Gasteiger partial charge in [0.05, 0.1) is 12.5 Å². The van der Waals surface area contributed by atoms with Crippen molar-refractivity contribution < 1.29 is 18.6 Å². The van der Waals surface area contributed by atoms with E-state index in [0.717, 1.165) is 5.56 Å². The van der Waals surface area contributed by atoms with Crippen LogP contribution in [0.25, 0.3) is 11.0 Å². The molecule has 1 aromatic heterocycles. The minimum atomic E-state index is -0.252. The first-order chi connectivity index (χ1) is 14.5.